The Hall–Kier alpha value is -1.38. The fraction of sp³-hybridized carbons (Fsp3) is 0.667. The lowest BCUT2D eigenvalue weighted by Crippen LogP contribution is -2.42. The zero-order valence-corrected chi connectivity index (χ0v) is 15.4. The molecule has 2 rings (SSSR count). The molecule has 0 bridgehead atoms. The van der Waals surface area contributed by atoms with Crippen molar-refractivity contribution >= 4 is 16.1 Å². The van der Waals surface area contributed by atoms with Crippen molar-refractivity contribution in [2.45, 2.75) is 20.3 Å². The van der Waals surface area contributed by atoms with Gasteiger partial charge >= 0.3 is 0 Å². The molecule has 1 aromatic heterocycles. The van der Waals surface area contributed by atoms with Gasteiger partial charge < -0.3 is 9.47 Å². The lowest BCUT2D eigenvalue weighted by Gasteiger charge is -2.24. The highest BCUT2D eigenvalue weighted by atomic mass is 32.2. The molecule has 0 aromatic carbocycles. The normalized spacial score (nSPS) is 17.6. The summed E-state index contributed by atoms with van der Waals surface area (Å²) in [5, 5.41) is 0. The van der Waals surface area contributed by atoms with Crippen LogP contribution in [0.3, 0.4) is 0 Å². The van der Waals surface area contributed by atoms with Crippen LogP contribution in [0.1, 0.15) is 28.2 Å². The molecule has 0 aliphatic carbocycles. The average molecular weight is 342 g/mol. The minimum absolute atomic E-state index is 0.0182. The molecule has 23 heavy (non-hydrogen) atoms. The van der Waals surface area contributed by atoms with E-state index in [0.29, 0.717) is 38.2 Å². The zero-order valence-electron chi connectivity index (χ0n) is 14.5. The standard InChI is InChI=1S/C15H26N4O3S/c1-12-11-14(13(2)17(12)5)15(20)18-7-6-8-19(10-9-18)23(21,22)16(3)4/h11H,6-10H2,1-5H3. The Balaban J connectivity index is 2.14. The molecular weight excluding hydrogens is 316 g/mol. The Kier molecular flexibility index (Phi) is 5.17. The van der Waals surface area contributed by atoms with Crippen molar-refractivity contribution in [1.82, 2.24) is 18.1 Å². The van der Waals surface area contributed by atoms with E-state index in [1.54, 1.807) is 4.90 Å². The van der Waals surface area contributed by atoms with Crippen molar-refractivity contribution < 1.29 is 13.2 Å². The van der Waals surface area contributed by atoms with E-state index in [2.05, 4.69) is 0 Å². The maximum atomic E-state index is 12.8. The Bertz CT molecular complexity index is 694. The molecule has 1 aromatic rings. The van der Waals surface area contributed by atoms with Gasteiger partial charge in [0.05, 0.1) is 5.56 Å². The highest BCUT2D eigenvalue weighted by molar-refractivity contribution is 7.86. The van der Waals surface area contributed by atoms with E-state index in [1.165, 1.54) is 22.7 Å². The summed E-state index contributed by atoms with van der Waals surface area (Å²) in [7, 11) is 1.57. The van der Waals surface area contributed by atoms with Gasteiger partial charge in [0.1, 0.15) is 0 Å². The predicted octanol–water partition coefficient (Wildman–Crippen LogP) is 0.596. The van der Waals surface area contributed by atoms with Crippen molar-refractivity contribution in [2.75, 3.05) is 40.3 Å². The summed E-state index contributed by atoms with van der Waals surface area (Å²) < 4.78 is 29.1. The lowest BCUT2D eigenvalue weighted by molar-refractivity contribution is 0.0763. The van der Waals surface area contributed by atoms with Gasteiger partial charge in [0.15, 0.2) is 0 Å². The number of carbonyl (C=O) groups is 1. The summed E-state index contributed by atoms with van der Waals surface area (Å²) in [6, 6.07) is 1.90. The molecular formula is C15H26N4O3S. The summed E-state index contributed by atoms with van der Waals surface area (Å²) in [5.74, 6) is -0.0182. The van der Waals surface area contributed by atoms with Crippen LogP contribution in [0.5, 0.6) is 0 Å². The highest BCUT2D eigenvalue weighted by Crippen LogP contribution is 2.18. The Labute approximate surface area is 138 Å². The number of hydrogen-bond acceptors (Lipinski definition) is 3. The van der Waals surface area contributed by atoms with Crippen LogP contribution in [0, 0.1) is 13.8 Å². The number of rotatable bonds is 3. The zero-order chi connectivity index (χ0) is 17.4. The molecule has 0 radical (unpaired) electrons. The molecule has 1 saturated heterocycles. The number of nitrogens with zero attached hydrogens (tertiary/aromatic N) is 4. The number of aryl methyl sites for hydroxylation is 1. The molecule has 1 fully saturated rings. The molecule has 1 amide bonds. The topological polar surface area (TPSA) is 65.9 Å². The van der Waals surface area contributed by atoms with Crippen LogP contribution in [0.25, 0.3) is 0 Å². The first kappa shape index (κ1) is 18.0. The third-order valence-electron chi connectivity index (χ3n) is 4.54. The number of carbonyl (C=O) groups excluding carboxylic acids is 1. The maximum absolute atomic E-state index is 12.8. The van der Waals surface area contributed by atoms with Crippen molar-refractivity contribution in [3.8, 4) is 0 Å². The number of amides is 1. The summed E-state index contributed by atoms with van der Waals surface area (Å²) in [6.45, 7) is 5.66. The Morgan fingerprint density at radius 1 is 1.13 bits per heavy atom. The van der Waals surface area contributed by atoms with Gasteiger partial charge in [-0.25, -0.2) is 0 Å². The maximum Gasteiger partial charge on any atom is 0.281 e. The van der Waals surface area contributed by atoms with Gasteiger partial charge in [0.2, 0.25) is 0 Å². The van der Waals surface area contributed by atoms with Crippen LogP contribution in [0.15, 0.2) is 6.07 Å². The number of hydrogen-bond donors (Lipinski definition) is 0. The highest BCUT2D eigenvalue weighted by Gasteiger charge is 2.29. The molecule has 0 N–H and O–H groups in total. The second-order valence-electron chi connectivity index (χ2n) is 6.18. The van der Waals surface area contributed by atoms with Gasteiger partial charge in [-0.1, -0.05) is 0 Å². The van der Waals surface area contributed by atoms with Crippen LogP contribution < -0.4 is 0 Å². The molecule has 1 aliphatic heterocycles. The van der Waals surface area contributed by atoms with E-state index in [9.17, 15) is 13.2 Å². The minimum Gasteiger partial charge on any atom is -0.351 e. The van der Waals surface area contributed by atoms with Gasteiger partial charge in [-0.3, -0.25) is 4.79 Å². The largest absolute Gasteiger partial charge is 0.351 e. The molecule has 7 nitrogen and oxygen atoms in total. The van der Waals surface area contributed by atoms with E-state index >= 15 is 0 Å². The number of aromatic nitrogens is 1. The molecule has 0 saturated carbocycles. The van der Waals surface area contributed by atoms with E-state index < -0.39 is 10.2 Å². The second kappa shape index (κ2) is 6.62. The summed E-state index contributed by atoms with van der Waals surface area (Å²) in [5.41, 5.74) is 2.68. The SMILES string of the molecule is Cc1cc(C(=O)N2CCCN(S(=O)(=O)N(C)C)CC2)c(C)n1C. The minimum atomic E-state index is -3.42. The third-order valence-corrected chi connectivity index (χ3v) is 6.48. The van der Waals surface area contributed by atoms with Crippen molar-refractivity contribution in [1.29, 1.82) is 0 Å². The van der Waals surface area contributed by atoms with Gasteiger partial charge in [0.25, 0.3) is 16.1 Å². The van der Waals surface area contributed by atoms with E-state index in [-0.39, 0.29) is 5.91 Å². The third kappa shape index (κ3) is 3.44. The van der Waals surface area contributed by atoms with E-state index in [4.69, 9.17) is 0 Å². The first-order valence-electron chi connectivity index (χ1n) is 7.76. The fourth-order valence-electron chi connectivity index (χ4n) is 2.80. The predicted molar refractivity (Wildman–Crippen MR) is 89.6 cm³/mol. The molecule has 1 aliphatic rings. The van der Waals surface area contributed by atoms with Crippen LogP contribution >= 0.6 is 0 Å². The summed E-state index contributed by atoms with van der Waals surface area (Å²) in [4.78, 5) is 14.5. The first-order valence-corrected chi connectivity index (χ1v) is 9.15. The quantitative estimate of drug-likeness (QED) is 0.808. The lowest BCUT2D eigenvalue weighted by atomic mass is 10.2. The molecule has 8 heteroatoms. The summed E-state index contributed by atoms with van der Waals surface area (Å²) in [6.07, 6.45) is 0.643. The summed E-state index contributed by atoms with van der Waals surface area (Å²) >= 11 is 0. The fourth-order valence-corrected chi connectivity index (χ4v) is 3.93. The van der Waals surface area contributed by atoms with Crippen LogP contribution in [0.2, 0.25) is 0 Å². The molecule has 0 spiro atoms. The van der Waals surface area contributed by atoms with Gasteiger partial charge in [-0.2, -0.15) is 17.0 Å². The Morgan fingerprint density at radius 2 is 1.78 bits per heavy atom. The van der Waals surface area contributed by atoms with Crippen molar-refractivity contribution in [2.24, 2.45) is 7.05 Å². The average Bonchev–Trinajstić information content (AvgIpc) is 2.71. The van der Waals surface area contributed by atoms with Gasteiger partial charge in [-0.15, -0.1) is 0 Å². The van der Waals surface area contributed by atoms with Crippen LogP contribution in [-0.2, 0) is 17.3 Å². The monoisotopic (exact) mass is 342 g/mol. The smallest absolute Gasteiger partial charge is 0.281 e. The molecule has 130 valence electrons. The second-order valence-corrected chi connectivity index (χ2v) is 8.32. The molecule has 0 atom stereocenters. The Morgan fingerprint density at radius 3 is 2.30 bits per heavy atom. The van der Waals surface area contributed by atoms with Gasteiger partial charge in [-0.05, 0) is 26.3 Å². The van der Waals surface area contributed by atoms with Crippen LogP contribution in [0.4, 0.5) is 0 Å². The van der Waals surface area contributed by atoms with Crippen molar-refractivity contribution in [3.05, 3.63) is 23.0 Å². The van der Waals surface area contributed by atoms with E-state index in [1.807, 2.05) is 31.5 Å². The van der Waals surface area contributed by atoms with Crippen molar-refractivity contribution in [3.63, 3.8) is 0 Å². The molecule has 0 unspecified atom stereocenters. The van der Waals surface area contributed by atoms with E-state index in [0.717, 1.165) is 11.4 Å². The van der Waals surface area contributed by atoms with Gasteiger partial charge in [0, 0.05) is 58.7 Å². The molecule has 2 heterocycles. The first-order chi connectivity index (χ1) is 10.7. The van der Waals surface area contributed by atoms with Crippen LogP contribution in [-0.4, -0.2) is 72.7 Å².